The topological polar surface area (TPSA) is 24.9 Å². The first kappa shape index (κ1) is 10.9. The quantitative estimate of drug-likeness (QED) is 0.722. The Balaban J connectivity index is 2.50. The van der Waals surface area contributed by atoms with Gasteiger partial charge in [0.1, 0.15) is 0 Å². The molecule has 2 unspecified atom stereocenters. The Kier molecular flexibility index (Phi) is 4.33. The fourth-order valence-corrected chi connectivity index (χ4v) is 1.47. The number of aromatic nitrogens is 1. The summed E-state index contributed by atoms with van der Waals surface area (Å²) in [6.07, 6.45) is 6.62. The lowest BCUT2D eigenvalue weighted by molar-refractivity contribution is 0.482. The smallest absolute Gasteiger partial charge is 0.0315 e. The highest BCUT2D eigenvalue weighted by atomic mass is 14.9. The van der Waals surface area contributed by atoms with Gasteiger partial charge in [-0.15, -0.1) is 6.58 Å². The third kappa shape index (κ3) is 3.30. The van der Waals surface area contributed by atoms with Crippen molar-refractivity contribution in [1.82, 2.24) is 10.3 Å². The van der Waals surface area contributed by atoms with E-state index in [1.54, 1.807) is 6.20 Å². The van der Waals surface area contributed by atoms with Crippen LogP contribution in [0.5, 0.6) is 0 Å². The molecule has 1 rings (SSSR count). The number of hydrogen-bond acceptors (Lipinski definition) is 2. The van der Waals surface area contributed by atoms with Crippen molar-refractivity contribution >= 4 is 0 Å². The monoisotopic (exact) mass is 190 g/mol. The number of nitrogens with one attached hydrogen (secondary N) is 1. The fraction of sp³-hybridized carbons (Fsp3) is 0.417. The summed E-state index contributed by atoms with van der Waals surface area (Å²) < 4.78 is 0. The maximum Gasteiger partial charge on any atom is 0.0315 e. The van der Waals surface area contributed by atoms with E-state index in [2.05, 4.69) is 36.8 Å². The van der Waals surface area contributed by atoms with Crippen LogP contribution < -0.4 is 5.32 Å². The lowest BCUT2D eigenvalue weighted by atomic mass is 10.1. The highest BCUT2D eigenvalue weighted by Gasteiger charge is 2.07. The zero-order chi connectivity index (χ0) is 10.4. The van der Waals surface area contributed by atoms with Crippen molar-refractivity contribution in [2.24, 2.45) is 0 Å². The van der Waals surface area contributed by atoms with Crippen LogP contribution >= 0.6 is 0 Å². The van der Waals surface area contributed by atoms with Gasteiger partial charge in [0.2, 0.25) is 0 Å². The Morgan fingerprint density at radius 1 is 1.57 bits per heavy atom. The van der Waals surface area contributed by atoms with Crippen molar-refractivity contribution in [2.75, 3.05) is 0 Å². The van der Waals surface area contributed by atoms with Gasteiger partial charge in [-0.05, 0) is 31.9 Å². The molecule has 1 aromatic rings. The lowest BCUT2D eigenvalue weighted by Crippen LogP contribution is -2.28. The van der Waals surface area contributed by atoms with Crippen LogP contribution in [0.2, 0.25) is 0 Å². The summed E-state index contributed by atoms with van der Waals surface area (Å²) >= 11 is 0. The zero-order valence-corrected chi connectivity index (χ0v) is 8.90. The van der Waals surface area contributed by atoms with Gasteiger partial charge in [-0.1, -0.05) is 12.1 Å². The van der Waals surface area contributed by atoms with Gasteiger partial charge in [-0.2, -0.15) is 0 Å². The van der Waals surface area contributed by atoms with Gasteiger partial charge < -0.3 is 5.32 Å². The Hall–Kier alpha value is -1.15. The van der Waals surface area contributed by atoms with E-state index < -0.39 is 0 Å². The summed E-state index contributed by atoms with van der Waals surface area (Å²) in [5.74, 6) is 0. The molecule has 0 aliphatic rings. The minimum absolute atomic E-state index is 0.346. The number of rotatable bonds is 5. The fourth-order valence-electron chi connectivity index (χ4n) is 1.47. The maximum atomic E-state index is 4.10. The standard InChI is InChI=1S/C12H18N2/c1-4-6-10(2)14-11(3)12-7-5-8-13-9-12/h4-5,7-11,14H,1,6H2,2-3H3. The van der Waals surface area contributed by atoms with Crippen molar-refractivity contribution in [3.63, 3.8) is 0 Å². The first-order valence-corrected chi connectivity index (χ1v) is 5.01. The van der Waals surface area contributed by atoms with Gasteiger partial charge in [-0.3, -0.25) is 4.98 Å². The lowest BCUT2D eigenvalue weighted by Gasteiger charge is -2.18. The van der Waals surface area contributed by atoms with Crippen LogP contribution in [0.3, 0.4) is 0 Å². The average Bonchev–Trinajstić information content (AvgIpc) is 2.19. The second kappa shape index (κ2) is 5.55. The predicted molar refractivity (Wildman–Crippen MR) is 60.1 cm³/mol. The molecule has 1 N–H and O–H groups in total. The third-order valence-corrected chi connectivity index (χ3v) is 2.24. The summed E-state index contributed by atoms with van der Waals surface area (Å²) in [6.45, 7) is 8.04. The molecule has 0 saturated carbocycles. The minimum Gasteiger partial charge on any atom is -0.307 e. The normalized spacial score (nSPS) is 14.7. The molecule has 0 aromatic carbocycles. The first-order valence-electron chi connectivity index (χ1n) is 5.01. The van der Waals surface area contributed by atoms with E-state index in [0.717, 1.165) is 6.42 Å². The summed E-state index contributed by atoms with van der Waals surface area (Å²) in [7, 11) is 0. The van der Waals surface area contributed by atoms with Crippen LogP contribution in [0.25, 0.3) is 0 Å². The van der Waals surface area contributed by atoms with Crippen LogP contribution in [0.15, 0.2) is 37.2 Å². The van der Waals surface area contributed by atoms with Crippen LogP contribution in [-0.4, -0.2) is 11.0 Å². The molecular weight excluding hydrogens is 172 g/mol. The SMILES string of the molecule is C=CCC(C)NC(C)c1cccnc1. The van der Waals surface area contributed by atoms with E-state index in [0.29, 0.717) is 12.1 Å². The molecule has 2 nitrogen and oxygen atoms in total. The van der Waals surface area contributed by atoms with Gasteiger partial charge in [0.15, 0.2) is 0 Å². The van der Waals surface area contributed by atoms with Crippen molar-refractivity contribution < 1.29 is 0 Å². The summed E-state index contributed by atoms with van der Waals surface area (Å²) in [5, 5.41) is 3.49. The largest absolute Gasteiger partial charge is 0.307 e. The van der Waals surface area contributed by atoms with Crippen LogP contribution in [0.4, 0.5) is 0 Å². The Bertz CT molecular complexity index is 269. The molecule has 0 fully saturated rings. The van der Waals surface area contributed by atoms with Gasteiger partial charge in [0.05, 0.1) is 0 Å². The number of nitrogens with zero attached hydrogens (tertiary/aromatic N) is 1. The zero-order valence-electron chi connectivity index (χ0n) is 8.90. The van der Waals surface area contributed by atoms with Crippen molar-refractivity contribution in [3.8, 4) is 0 Å². The minimum atomic E-state index is 0.346. The van der Waals surface area contributed by atoms with Crippen molar-refractivity contribution in [3.05, 3.63) is 42.7 Å². The Morgan fingerprint density at radius 3 is 2.93 bits per heavy atom. The van der Waals surface area contributed by atoms with Crippen LogP contribution in [0.1, 0.15) is 31.9 Å². The van der Waals surface area contributed by atoms with Gasteiger partial charge in [0, 0.05) is 24.5 Å². The summed E-state index contributed by atoms with van der Waals surface area (Å²) in [6, 6.07) is 4.86. The van der Waals surface area contributed by atoms with Gasteiger partial charge >= 0.3 is 0 Å². The second-order valence-electron chi connectivity index (χ2n) is 3.60. The third-order valence-electron chi connectivity index (χ3n) is 2.24. The molecule has 1 aromatic heterocycles. The number of hydrogen-bond donors (Lipinski definition) is 1. The highest BCUT2D eigenvalue weighted by Crippen LogP contribution is 2.11. The maximum absolute atomic E-state index is 4.10. The average molecular weight is 190 g/mol. The van der Waals surface area contributed by atoms with Gasteiger partial charge in [-0.25, -0.2) is 0 Å². The molecular formula is C12H18N2. The molecule has 76 valence electrons. The highest BCUT2D eigenvalue weighted by molar-refractivity contribution is 5.12. The van der Waals surface area contributed by atoms with E-state index in [1.165, 1.54) is 5.56 Å². The predicted octanol–water partition coefficient (Wildman–Crippen LogP) is 2.70. The summed E-state index contributed by atoms with van der Waals surface area (Å²) in [4.78, 5) is 4.10. The van der Waals surface area contributed by atoms with Crippen LogP contribution in [-0.2, 0) is 0 Å². The molecule has 0 bridgehead atoms. The Morgan fingerprint density at radius 2 is 2.36 bits per heavy atom. The van der Waals surface area contributed by atoms with E-state index >= 15 is 0 Å². The van der Waals surface area contributed by atoms with E-state index in [1.807, 2.05) is 18.3 Å². The van der Waals surface area contributed by atoms with E-state index in [9.17, 15) is 0 Å². The number of pyridine rings is 1. The molecule has 2 heteroatoms. The summed E-state index contributed by atoms with van der Waals surface area (Å²) in [5.41, 5.74) is 1.23. The van der Waals surface area contributed by atoms with Gasteiger partial charge in [0.25, 0.3) is 0 Å². The molecule has 0 aliphatic heterocycles. The second-order valence-corrected chi connectivity index (χ2v) is 3.60. The molecule has 0 saturated heterocycles. The molecule has 0 amide bonds. The molecule has 0 spiro atoms. The first-order chi connectivity index (χ1) is 6.74. The molecule has 0 aliphatic carbocycles. The molecule has 0 radical (unpaired) electrons. The van der Waals surface area contributed by atoms with Crippen molar-refractivity contribution in [2.45, 2.75) is 32.4 Å². The Labute approximate surface area is 86.1 Å². The molecule has 14 heavy (non-hydrogen) atoms. The molecule has 1 heterocycles. The molecule has 2 atom stereocenters. The van der Waals surface area contributed by atoms with Crippen LogP contribution in [0, 0.1) is 0 Å². The van der Waals surface area contributed by atoms with Crippen molar-refractivity contribution in [1.29, 1.82) is 0 Å². The van der Waals surface area contributed by atoms with E-state index in [-0.39, 0.29) is 0 Å². The van der Waals surface area contributed by atoms with E-state index in [4.69, 9.17) is 0 Å².